The number of nitrogen functional groups attached to an aromatic ring is 1. The van der Waals surface area contributed by atoms with Crippen molar-refractivity contribution >= 4 is 45.5 Å². The van der Waals surface area contributed by atoms with Crippen LogP contribution in [0.2, 0.25) is 5.02 Å². The number of aryl methyl sites for hydroxylation is 1. The Morgan fingerprint density at radius 1 is 1.43 bits per heavy atom. The minimum Gasteiger partial charge on any atom is -0.382 e. The summed E-state index contributed by atoms with van der Waals surface area (Å²) < 4.78 is 0. The Morgan fingerprint density at radius 2 is 2.14 bits per heavy atom. The number of amides is 1. The minimum absolute atomic E-state index is 0.221. The van der Waals surface area contributed by atoms with Crippen molar-refractivity contribution in [1.82, 2.24) is 4.98 Å². The van der Waals surface area contributed by atoms with Gasteiger partial charge in [-0.2, -0.15) is 0 Å². The molecule has 5 nitrogen and oxygen atoms in total. The largest absolute Gasteiger partial charge is 0.382 e. The normalized spacial score (nSPS) is 10.7. The van der Waals surface area contributed by atoms with Crippen LogP contribution in [0.5, 0.6) is 0 Å². The molecule has 1 heterocycles. The molecule has 1 amide bonds. The van der Waals surface area contributed by atoms with E-state index in [4.69, 9.17) is 17.3 Å². The molecule has 0 aliphatic carbocycles. The quantitative estimate of drug-likeness (QED) is 0.800. The monoisotopic (exact) mass is 324 g/mol. The van der Waals surface area contributed by atoms with Gasteiger partial charge in [0.15, 0.2) is 5.13 Å². The van der Waals surface area contributed by atoms with Crippen molar-refractivity contribution in [2.75, 3.05) is 16.4 Å². The Morgan fingerprint density at radius 3 is 2.76 bits per heavy atom. The lowest BCUT2D eigenvalue weighted by Crippen LogP contribution is -2.12. The van der Waals surface area contributed by atoms with Crippen molar-refractivity contribution in [2.24, 2.45) is 0 Å². The molecule has 21 heavy (non-hydrogen) atoms. The van der Waals surface area contributed by atoms with E-state index in [1.165, 1.54) is 11.3 Å². The Hall–Kier alpha value is -1.79. The van der Waals surface area contributed by atoms with Gasteiger partial charge in [0.05, 0.1) is 0 Å². The standard InChI is InChI=1S/C14H17ClN4OS/c1-7(2)17-14-19-12(16)11(21-14)13(20)18-9-5-4-8(3)10(15)6-9/h4-7H,16H2,1-3H3,(H,17,19)(H,18,20). The van der Waals surface area contributed by atoms with Crippen LogP contribution in [0.25, 0.3) is 0 Å². The van der Waals surface area contributed by atoms with E-state index >= 15 is 0 Å². The van der Waals surface area contributed by atoms with Gasteiger partial charge in [-0.15, -0.1) is 0 Å². The summed E-state index contributed by atoms with van der Waals surface area (Å²) in [5.74, 6) is -0.0689. The number of rotatable bonds is 4. The van der Waals surface area contributed by atoms with Crippen molar-refractivity contribution < 1.29 is 4.79 Å². The molecular formula is C14H17ClN4OS. The zero-order valence-electron chi connectivity index (χ0n) is 12.0. The van der Waals surface area contributed by atoms with E-state index in [2.05, 4.69) is 15.6 Å². The number of hydrogen-bond donors (Lipinski definition) is 3. The molecule has 1 aromatic carbocycles. The number of thiazole rings is 1. The van der Waals surface area contributed by atoms with E-state index in [-0.39, 0.29) is 17.8 Å². The number of nitrogens with two attached hydrogens (primary N) is 1. The highest BCUT2D eigenvalue weighted by atomic mass is 35.5. The lowest BCUT2D eigenvalue weighted by atomic mass is 10.2. The van der Waals surface area contributed by atoms with Crippen LogP contribution >= 0.6 is 22.9 Å². The van der Waals surface area contributed by atoms with Gasteiger partial charge in [0, 0.05) is 16.8 Å². The van der Waals surface area contributed by atoms with Crippen molar-refractivity contribution in [3.05, 3.63) is 33.7 Å². The summed E-state index contributed by atoms with van der Waals surface area (Å²) in [6.45, 7) is 5.89. The molecule has 112 valence electrons. The topological polar surface area (TPSA) is 80.0 Å². The SMILES string of the molecule is Cc1ccc(NC(=O)c2sc(NC(C)C)nc2N)cc1Cl. The van der Waals surface area contributed by atoms with Crippen LogP contribution in [-0.4, -0.2) is 16.9 Å². The lowest BCUT2D eigenvalue weighted by molar-refractivity contribution is 0.103. The van der Waals surface area contributed by atoms with Crippen LogP contribution in [-0.2, 0) is 0 Å². The number of carbonyl (C=O) groups excluding carboxylic acids is 1. The molecule has 2 aromatic rings. The van der Waals surface area contributed by atoms with Crippen molar-refractivity contribution in [3.63, 3.8) is 0 Å². The van der Waals surface area contributed by atoms with E-state index in [1.807, 2.05) is 26.8 Å². The van der Waals surface area contributed by atoms with Crippen LogP contribution < -0.4 is 16.4 Å². The van der Waals surface area contributed by atoms with E-state index in [0.717, 1.165) is 5.56 Å². The highest BCUT2D eigenvalue weighted by Crippen LogP contribution is 2.27. The van der Waals surface area contributed by atoms with Gasteiger partial charge in [-0.1, -0.05) is 29.0 Å². The van der Waals surface area contributed by atoms with Crippen molar-refractivity contribution in [1.29, 1.82) is 0 Å². The number of carbonyl (C=O) groups is 1. The van der Waals surface area contributed by atoms with Crippen molar-refractivity contribution in [3.8, 4) is 0 Å². The molecule has 0 atom stereocenters. The van der Waals surface area contributed by atoms with Gasteiger partial charge in [-0.25, -0.2) is 4.98 Å². The first-order chi connectivity index (χ1) is 9.86. The Labute approximate surface area is 132 Å². The molecule has 0 saturated carbocycles. The number of halogens is 1. The molecule has 0 spiro atoms. The predicted molar refractivity (Wildman–Crippen MR) is 89.4 cm³/mol. The van der Waals surface area contributed by atoms with Gasteiger partial charge in [0.25, 0.3) is 5.91 Å². The first-order valence-electron chi connectivity index (χ1n) is 6.47. The fraction of sp³-hybridized carbons (Fsp3) is 0.286. The van der Waals surface area contributed by atoms with Crippen LogP contribution in [0.3, 0.4) is 0 Å². The molecule has 2 rings (SSSR count). The molecule has 0 aliphatic heterocycles. The summed E-state index contributed by atoms with van der Waals surface area (Å²) in [7, 11) is 0. The smallest absolute Gasteiger partial charge is 0.269 e. The summed E-state index contributed by atoms with van der Waals surface area (Å²) >= 11 is 7.27. The molecule has 4 N–H and O–H groups in total. The Balaban J connectivity index is 2.16. The second-order valence-corrected chi connectivity index (χ2v) is 6.36. The molecule has 0 fully saturated rings. The van der Waals surface area contributed by atoms with Gasteiger partial charge in [0.1, 0.15) is 10.7 Å². The minimum atomic E-state index is -0.290. The zero-order chi connectivity index (χ0) is 15.6. The van der Waals surface area contributed by atoms with Gasteiger partial charge in [-0.05, 0) is 38.5 Å². The second kappa shape index (κ2) is 6.32. The molecule has 7 heteroatoms. The van der Waals surface area contributed by atoms with Gasteiger partial charge in [0.2, 0.25) is 0 Å². The highest BCUT2D eigenvalue weighted by molar-refractivity contribution is 7.18. The molecule has 0 bridgehead atoms. The average molecular weight is 325 g/mol. The Kier molecular flexibility index (Phi) is 4.69. The molecule has 0 unspecified atom stereocenters. The molecule has 0 radical (unpaired) electrons. The van der Waals surface area contributed by atoms with E-state index in [0.29, 0.717) is 20.7 Å². The molecule has 1 aromatic heterocycles. The van der Waals surface area contributed by atoms with Crippen LogP contribution in [0.15, 0.2) is 18.2 Å². The van der Waals surface area contributed by atoms with Crippen LogP contribution in [0.4, 0.5) is 16.6 Å². The van der Waals surface area contributed by atoms with E-state index in [9.17, 15) is 4.79 Å². The average Bonchev–Trinajstić information content (AvgIpc) is 2.74. The summed E-state index contributed by atoms with van der Waals surface area (Å²) in [5.41, 5.74) is 7.38. The number of benzene rings is 1. The molecule has 0 saturated heterocycles. The lowest BCUT2D eigenvalue weighted by Gasteiger charge is -2.06. The van der Waals surface area contributed by atoms with Gasteiger partial charge < -0.3 is 16.4 Å². The zero-order valence-corrected chi connectivity index (χ0v) is 13.6. The van der Waals surface area contributed by atoms with Crippen LogP contribution in [0.1, 0.15) is 29.1 Å². The number of nitrogens with zero attached hydrogens (tertiary/aromatic N) is 1. The number of aromatic nitrogens is 1. The molecular weight excluding hydrogens is 308 g/mol. The summed E-state index contributed by atoms with van der Waals surface area (Å²) in [6, 6.07) is 5.57. The van der Waals surface area contributed by atoms with Crippen LogP contribution in [0, 0.1) is 6.92 Å². The maximum Gasteiger partial charge on any atom is 0.269 e. The Bertz CT molecular complexity index is 669. The summed E-state index contributed by atoms with van der Waals surface area (Å²) in [4.78, 5) is 16.8. The summed E-state index contributed by atoms with van der Waals surface area (Å²) in [6.07, 6.45) is 0. The third-order valence-corrected chi connectivity index (χ3v) is 4.11. The highest BCUT2D eigenvalue weighted by Gasteiger charge is 2.17. The van der Waals surface area contributed by atoms with Gasteiger partial charge >= 0.3 is 0 Å². The first kappa shape index (κ1) is 15.6. The third-order valence-electron chi connectivity index (χ3n) is 2.70. The predicted octanol–water partition coefficient (Wildman–Crippen LogP) is 3.76. The number of hydrogen-bond acceptors (Lipinski definition) is 5. The second-order valence-electron chi connectivity index (χ2n) is 4.95. The maximum atomic E-state index is 12.2. The van der Waals surface area contributed by atoms with E-state index < -0.39 is 0 Å². The van der Waals surface area contributed by atoms with Gasteiger partial charge in [-0.3, -0.25) is 4.79 Å². The van der Waals surface area contributed by atoms with E-state index in [1.54, 1.807) is 12.1 Å². The van der Waals surface area contributed by atoms with Crippen molar-refractivity contribution in [2.45, 2.75) is 26.8 Å². The fourth-order valence-corrected chi connectivity index (χ4v) is 2.77. The number of nitrogens with one attached hydrogen (secondary N) is 2. The third kappa shape index (κ3) is 3.86. The number of anilines is 3. The maximum absolute atomic E-state index is 12.2. The summed E-state index contributed by atoms with van der Waals surface area (Å²) in [5, 5.41) is 7.14. The first-order valence-corrected chi connectivity index (χ1v) is 7.66. The molecule has 0 aliphatic rings. The fourth-order valence-electron chi connectivity index (χ4n) is 1.66.